The summed E-state index contributed by atoms with van der Waals surface area (Å²) in [6, 6.07) is 0. The summed E-state index contributed by atoms with van der Waals surface area (Å²) in [7, 11) is 3.89. The van der Waals surface area contributed by atoms with Gasteiger partial charge in [0.25, 0.3) is 0 Å². The molecule has 0 fully saturated rings. The Hall–Kier alpha value is -0.150. The normalized spacial score (nSPS) is 11.1. The van der Waals surface area contributed by atoms with E-state index < -0.39 is 0 Å². The summed E-state index contributed by atoms with van der Waals surface area (Å²) in [5.74, 6) is 0. The molecule has 0 spiro atoms. The zero-order valence-electron chi connectivity index (χ0n) is 5.60. The summed E-state index contributed by atoms with van der Waals surface area (Å²) >= 11 is 2.78. The predicted molar refractivity (Wildman–Crippen MR) is 41.6 cm³/mol. The summed E-state index contributed by atoms with van der Waals surface area (Å²) in [6.45, 7) is 0.803. The van der Waals surface area contributed by atoms with Gasteiger partial charge < -0.3 is 4.90 Å². The first kappa shape index (κ1) is 8.85. The molecule has 0 heterocycles. The number of carbonyl (C=O) groups is 1. The maximum absolute atomic E-state index is 10.2. The molecule has 0 radical (unpaired) electrons. The predicted octanol–water partition coefficient (Wildman–Crippen LogP) is 1.03. The van der Waals surface area contributed by atoms with Gasteiger partial charge in [-0.05, 0) is 36.1 Å². The van der Waals surface area contributed by atoms with E-state index in [0.29, 0.717) is 0 Å². The molecule has 0 aliphatic rings. The van der Waals surface area contributed by atoms with Crippen LogP contribution in [0.3, 0.4) is 0 Å². The van der Waals surface area contributed by atoms with Gasteiger partial charge in [-0.25, -0.2) is 0 Å². The van der Waals surface area contributed by atoms with E-state index in [1.807, 2.05) is 19.0 Å². The maximum atomic E-state index is 10.2. The van der Waals surface area contributed by atoms with Gasteiger partial charge in [0.05, 0.1) is 0 Å². The van der Waals surface area contributed by atoms with Crippen molar-refractivity contribution < 1.29 is 4.79 Å². The number of carbonyl (C=O) groups excluding carboxylic acids is 1. The lowest BCUT2D eigenvalue weighted by molar-refractivity contribution is -0.106. The number of rotatable bonds is 3. The van der Waals surface area contributed by atoms with Crippen molar-refractivity contribution in [3.63, 3.8) is 0 Å². The van der Waals surface area contributed by atoms with Crippen LogP contribution in [0.5, 0.6) is 0 Å². The zero-order valence-corrected chi connectivity index (χ0v) is 7.18. The Bertz CT molecular complexity index is 120. The van der Waals surface area contributed by atoms with E-state index >= 15 is 0 Å². The van der Waals surface area contributed by atoms with Crippen molar-refractivity contribution in [3.8, 4) is 0 Å². The minimum absolute atomic E-state index is 0.0793. The first-order valence-corrected chi connectivity index (χ1v) is 3.43. The van der Waals surface area contributed by atoms with Crippen LogP contribution < -0.4 is 0 Å². The SMILES string of the molecule is CN(C)C/C=C/C(=O)Br. The third-order valence-corrected chi connectivity index (χ3v) is 0.984. The van der Waals surface area contributed by atoms with E-state index in [0.717, 1.165) is 6.54 Å². The second kappa shape index (κ2) is 4.70. The molecule has 2 nitrogen and oxygen atoms in total. The Morgan fingerprint density at radius 3 is 2.56 bits per heavy atom. The summed E-state index contributed by atoms with van der Waals surface area (Å²) in [5.41, 5.74) is 0. The molecule has 0 rings (SSSR count). The van der Waals surface area contributed by atoms with Crippen LogP contribution in [-0.2, 0) is 4.79 Å². The molecule has 0 unspecified atom stereocenters. The molecule has 0 saturated carbocycles. The Balaban J connectivity index is 3.36. The molecule has 0 bridgehead atoms. The fourth-order valence-corrected chi connectivity index (χ4v) is 0.543. The Morgan fingerprint density at radius 1 is 1.67 bits per heavy atom. The molecule has 0 atom stereocenters. The first-order valence-electron chi connectivity index (χ1n) is 2.63. The maximum Gasteiger partial charge on any atom is 0.220 e. The number of halogens is 1. The van der Waals surface area contributed by atoms with E-state index in [-0.39, 0.29) is 4.69 Å². The van der Waals surface area contributed by atoms with Crippen LogP contribution in [-0.4, -0.2) is 30.2 Å². The number of hydrogen-bond donors (Lipinski definition) is 0. The summed E-state index contributed by atoms with van der Waals surface area (Å²) in [6.07, 6.45) is 3.30. The number of nitrogens with zero attached hydrogens (tertiary/aromatic N) is 1. The second-order valence-electron chi connectivity index (χ2n) is 1.97. The fraction of sp³-hybridized carbons (Fsp3) is 0.500. The quantitative estimate of drug-likeness (QED) is 0.491. The van der Waals surface area contributed by atoms with Gasteiger partial charge in [-0.15, -0.1) is 0 Å². The smallest absolute Gasteiger partial charge is 0.220 e. The molecular weight excluding hydrogens is 182 g/mol. The molecule has 52 valence electrons. The van der Waals surface area contributed by atoms with Crippen LogP contribution in [0.1, 0.15) is 0 Å². The van der Waals surface area contributed by atoms with Crippen molar-refractivity contribution in [2.24, 2.45) is 0 Å². The Labute approximate surface area is 63.7 Å². The van der Waals surface area contributed by atoms with Gasteiger partial charge in [0.2, 0.25) is 4.69 Å². The highest BCUT2D eigenvalue weighted by molar-refractivity contribution is 9.18. The minimum atomic E-state index is -0.0793. The van der Waals surface area contributed by atoms with Crippen molar-refractivity contribution in [3.05, 3.63) is 12.2 Å². The molecule has 0 aliphatic carbocycles. The topological polar surface area (TPSA) is 20.3 Å². The fourth-order valence-electron chi connectivity index (χ4n) is 0.356. The molecule has 0 aromatic heterocycles. The average Bonchev–Trinajstić information content (AvgIpc) is 1.63. The van der Waals surface area contributed by atoms with Crippen molar-refractivity contribution in [2.45, 2.75) is 0 Å². The zero-order chi connectivity index (χ0) is 7.28. The summed E-state index contributed by atoms with van der Waals surface area (Å²) in [4.78, 5) is 12.2. The third-order valence-electron chi connectivity index (χ3n) is 0.719. The van der Waals surface area contributed by atoms with Gasteiger partial charge in [0.1, 0.15) is 0 Å². The van der Waals surface area contributed by atoms with Gasteiger partial charge in [-0.3, -0.25) is 4.79 Å². The average molecular weight is 192 g/mol. The third kappa shape index (κ3) is 7.85. The van der Waals surface area contributed by atoms with Gasteiger partial charge >= 0.3 is 0 Å². The highest BCUT2D eigenvalue weighted by Gasteiger charge is 1.84. The van der Waals surface area contributed by atoms with Crippen molar-refractivity contribution >= 4 is 20.6 Å². The summed E-state index contributed by atoms with van der Waals surface area (Å²) in [5, 5.41) is 0. The Morgan fingerprint density at radius 2 is 2.22 bits per heavy atom. The number of hydrogen-bond acceptors (Lipinski definition) is 2. The molecular formula is C6H10BrNO. The van der Waals surface area contributed by atoms with E-state index in [1.165, 1.54) is 6.08 Å². The van der Waals surface area contributed by atoms with E-state index in [2.05, 4.69) is 15.9 Å². The Kier molecular flexibility index (Phi) is 4.62. The van der Waals surface area contributed by atoms with E-state index in [4.69, 9.17) is 0 Å². The van der Waals surface area contributed by atoms with Crippen molar-refractivity contribution in [2.75, 3.05) is 20.6 Å². The van der Waals surface area contributed by atoms with E-state index in [1.54, 1.807) is 6.08 Å². The summed E-state index contributed by atoms with van der Waals surface area (Å²) < 4.78 is -0.0793. The molecule has 0 N–H and O–H groups in total. The van der Waals surface area contributed by atoms with E-state index in [9.17, 15) is 4.79 Å². The van der Waals surface area contributed by atoms with Crippen LogP contribution in [0, 0.1) is 0 Å². The van der Waals surface area contributed by atoms with Crippen molar-refractivity contribution in [1.82, 2.24) is 4.90 Å². The van der Waals surface area contributed by atoms with Gasteiger partial charge in [-0.1, -0.05) is 6.08 Å². The van der Waals surface area contributed by atoms with Gasteiger partial charge in [0.15, 0.2) is 0 Å². The largest absolute Gasteiger partial charge is 0.306 e. The molecule has 9 heavy (non-hydrogen) atoms. The number of allylic oxidation sites excluding steroid dienone is 1. The lowest BCUT2D eigenvalue weighted by Crippen LogP contribution is -2.10. The highest BCUT2D eigenvalue weighted by atomic mass is 79.9. The van der Waals surface area contributed by atoms with Crippen molar-refractivity contribution in [1.29, 1.82) is 0 Å². The second-order valence-corrected chi connectivity index (χ2v) is 2.75. The highest BCUT2D eigenvalue weighted by Crippen LogP contribution is 1.86. The van der Waals surface area contributed by atoms with Crippen LogP contribution in [0.2, 0.25) is 0 Å². The van der Waals surface area contributed by atoms with Crippen LogP contribution in [0.4, 0.5) is 0 Å². The minimum Gasteiger partial charge on any atom is -0.306 e. The molecule has 3 heteroatoms. The van der Waals surface area contributed by atoms with Gasteiger partial charge in [-0.2, -0.15) is 0 Å². The van der Waals surface area contributed by atoms with Crippen LogP contribution >= 0.6 is 15.9 Å². The molecule has 0 amide bonds. The lowest BCUT2D eigenvalue weighted by Gasteiger charge is -2.02. The number of likely N-dealkylation sites (N-methyl/N-ethyl adjacent to an activating group) is 1. The lowest BCUT2D eigenvalue weighted by atomic mass is 10.5. The van der Waals surface area contributed by atoms with Crippen LogP contribution in [0.15, 0.2) is 12.2 Å². The van der Waals surface area contributed by atoms with Crippen LogP contribution in [0.25, 0.3) is 0 Å². The monoisotopic (exact) mass is 191 g/mol. The molecule has 0 aromatic carbocycles. The van der Waals surface area contributed by atoms with Gasteiger partial charge in [0, 0.05) is 6.54 Å². The standard InChI is InChI=1S/C6H10BrNO/c1-8(2)5-3-4-6(7)9/h3-4H,5H2,1-2H3/b4-3+. The first-order chi connectivity index (χ1) is 4.13. The molecule has 0 aliphatic heterocycles. The molecule has 0 aromatic rings. The molecule has 0 saturated heterocycles.